The molecule has 0 saturated heterocycles. The van der Waals surface area contributed by atoms with Gasteiger partial charge in [0, 0.05) is 5.56 Å². The summed E-state index contributed by atoms with van der Waals surface area (Å²) < 4.78 is 21.9. The highest BCUT2D eigenvalue weighted by atomic mass is 32.2. The van der Waals surface area contributed by atoms with Crippen molar-refractivity contribution in [1.82, 2.24) is 0 Å². The number of rotatable bonds is 5. The maximum absolute atomic E-state index is 12.1. The molecule has 4 heteroatoms. The highest BCUT2D eigenvalue weighted by molar-refractivity contribution is 7.91. The molecule has 0 aliphatic rings. The predicted molar refractivity (Wildman–Crippen MR) is 97.3 cm³/mol. The van der Waals surface area contributed by atoms with E-state index in [1.54, 1.807) is 0 Å². The first-order chi connectivity index (χ1) is 10.9. The lowest BCUT2D eigenvalue weighted by Gasteiger charge is -2.18. The van der Waals surface area contributed by atoms with Crippen molar-refractivity contribution in [2.24, 2.45) is 4.40 Å². The minimum absolute atomic E-state index is 0.358. The van der Waals surface area contributed by atoms with Crippen LogP contribution in [0.25, 0.3) is 0 Å². The molecule has 2 aromatic rings. The third-order valence-electron chi connectivity index (χ3n) is 3.24. The lowest BCUT2D eigenvalue weighted by atomic mass is 10.1. The first-order valence-corrected chi connectivity index (χ1v) is 8.71. The van der Waals surface area contributed by atoms with E-state index in [0.29, 0.717) is 6.61 Å². The molecule has 0 aromatic heterocycles. The molecule has 1 atom stereocenters. The Morgan fingerprint density at radius 2 is 1.78 bits per heavy atom. The van der Waals surface area contributed by atoms with Crippen LogP contribution in [-0.4, -0.2) is 15.0 Å². The third kappa shape index (κ3) is 5.41. The van der Waals surface area contributed by atoms with Gasteiger partial charge in [0.25, 0.3) is 0 Å². The van der Waals surface area contributed by atoms with Gasteiger partial charge < -0.3 is 9.29 Å². The van der Waals surface area contributed by atoms with Crippen molar-refractivity contribution in [2.75, 3.05) is 0 Å². The maximum atomic E-state index is 12.1. The average molecular weight is 329 g/mol. The van der Waals surface area contributed by atoms with E-state index in [0.717, 1.165) is 22.6 Å². The summed E-state index contributed by atoms with van der Waals surface area (Å²) in [6.45, 7) is 8.15. The van der Waals surface area contributed by atoms with Crippen molar-refractivity contribution in [3.63, 3.8) is 0 Å². The van der Waals surface area contributed by atoms with Gasteiger partial charge in [-0.3, -0.25) is 0 Å². The Kier molecular flexibility index (Phi) is 5.85. The molecule has 2 aromatic carbocycles. The standard InChI is InChI=1S/C19H23NO2S/c1-15(20-23(21)19(2,3)4)17-11-8-12-18(13-17)22-14-16-9-6-5-7-10-16/h5-13H,14H2,1-4H3/b20-15-. The van der Waals surface area contributed by atoms with Crippen LogP contribution in [0.2, 0.25) is 0 Å². The van der Waals surface area contributed by atoms with Crippen LogP contribution in [-0.2, 0) is 18.0 Å². The second-order valence-electron chi connectivity index (χ2n) is 6.34. The minimum Gasteiger partial charge on any atom is -0.591 e. The van der Waals surface area contributed by atoms with Crippen molar-refractivity contribution in [2.45, 2.75) is 39.0 Å². The van der Waals surface area contributed by atoms with Crippen LogP contribution in [0.1, 0.15) is 38.8 Å². The van der Waals surface area contributed by atoms with Gasteiger partial charge in [-0.05, 0) is 45.4 Å². The van der Waals surface area contributed by atoms with Crippen LogP contribution in [0.5, 0.6) is 5.75 Å². The smallest absolute Gasteiger partial charge is 0.144 e. The summed E-state index contributed by atoms with van der Waals surface area (Å²) in [6.07, 6.45) is 0. The van der Waals surface area contributed by atoms with Gasteiger partial charge in [0.15, 0.2) is 0 Å². The number of ether oxygens (including phenoxy) is 1. The van der Waals surface area contributed by atoms with Gasteiger partial charge in [-0.25, -0.2) is 0 Å². The first-order valence-electron chi connectivity index (χ1n) is 7.61. The highest BCUT2D eigenvalue weighted by Crippen LogP contribution is 2.20. The molecule has 0 fully saturated rings. The summed E-state index contributed by atoms with van der Waals surface area (Å²) >= 11 is -1.26. The molecule has 0 saturated carbocycles. The van der Waals surface area contributed by atoms with Gasteiger partial charge in [0.2, 0.25) is 0 Å². The fourth-order valence-electron chi connectivity index (χ4n) is 1.87. The molecule has 23 heavy (non-hydrogen) atoms. The number of nitrogens with zero attached hydrogens (tertiary/aromatic N) is 1. The molecule has 0 spiro atoms. The quantitative estimate of drug-likeness (QED) is 0.597. The summed E-state index contributed by atoms with van der Waals surface area (Å²) in [5, 5.41) is 0. The van der Waals surface area contributed by atoms with Crippen LogP contribution in [0.4, 0.5) is 0 Å². The molecule has 0 radical (unpaired) electrons. The zero-order valence-electron chi connectivity index (χ0n) is 14.1. The lowest BCUT2D eigenvalue weighted by molar-refractivity contribution is 0.306. The highest BCUT2D eigenvalue weighted by Gasteiger charge is 2.26. The largest absolute Gasteiger partial charge is 0.591 e. The number of hydrogen-bond acceptors (Lipinski definition) is 3. The van der Waals surface area contributed by atoms with Crippen LogP contribution in [0.15, 0.2) is 59.0 Å². The molecule has 0 bridgehead atoms. The Hall–Kier alpha value is -1.78. The van der Waals surface area contributed by atoms with Crippen LogP contribution in [0.3, 0.4) is 0 Å². The third-order valence-corrected chi connectivity index (χ3v) is 4.73. The zero-order chi connectivity index (χ0) is 16.9. The molecule has 0 aliphatic heterocycles. The Bertz CT molecular complexity index is 663. The molecule has 0 aliphatic carbocycles. The van der Waals surface area contributed by atoms with Crippen LogP contribution < -0.4 is 4.74 Å². The van der Waals surface area contributed by atoms with E-state index in [4.69, 9.17) is 4.74 Å². The van der Waals surface area contributed by atoms with E-state index in [9.17, 15) is 4.55 Å². The summed E-state index contributed by atoms with van der Waals surface area (Å²) in [5.74, 6) is 0.780. The van der Waals surface area contributed by atoms with Gasteiger partial charge in [-0.2, -0.15) is 0 Å². The lowest BCUT2D eigenvalue weighted by Crippen LogP contribution is -2.26. The van der Waals surface area contributed by atoms with Gasteiger partial charge in [0.1, 0.15) is 28.5 Å². The first kappa shape index (κ1) is 17.6. The Morgan fingerprint density at radius 1 is 1.09 bits per heavy atom. The SMILES string of the molecule is C/C(=N/[S+]([O-])C(C)(C)C)c1cccc(OCc2ccccc2)c1. The number of benzene rings is 2. The van der Waals surface area contributed by atoms with Crippen LogP contribution >= 0.6 is 0 Å². The summed E-state index contributed by atoms with van der Waals surface area (Å²) in [4.78, 5) is 0. The van der Waals surface area contributed by atoms with E-state index in [1.807, 2.05) is 82.3 Å². The van der Waals surface area contributed by atoms with Gasteiger partial charge in [-0.1, -0.05) is 46.9 Å². The Labute approximate surface area is 141 Å². The van der Waals surface area contributed by atoms with Gasteiger partial charge >= 0.3 is 0 Å². The van der Waals surface area contributed by atoms with Crippen LogP contribution in [0, 0.1) is 0 Å². The van der Waals surface area contributed by atoms with Gasteiger partial charge in [0.05, 0.1) is 5.71 Å². The van der Waals surface area contributed by atoms with Crippen molar-refractivity contribution >= 4 is 17.1 Å². The summed E-state index contributed by atoms with van der Waals surface area (Å²) in [6, 6.07) is 17.8. The van der Waals surface area contributed by atoms with E-state index in [1.165, 1.54) is 0 Å². The van der Waals surface area contributed by atoms with E-state index >= 15 is 0 Å². The molecule has 0 N–H and O–H groups in total. The zero-order valence-corrected chi connectivity index (χ0v) is 14.9. The van der Waals surface area contributed by atoms with Crippen molar-refractivity contribution in [3.8, 4) is 5.75 Å². The molecule has 122 valence electrons. The molecule has 0 heterocycles. The minimum atomic E-state index is -1.26. The predicted octanol–water partition coefficient (Wildman–Crippen LogP) is 4.54. The summed E-state index contributed by atoms with van der Waals surface area (Å²) in [7, 11) is 0. The van der Waals surface area contributed by atoms with E-state index in [2.05, 4.69) is 4.40 Å². The monoisotopic (exact) mass is 329 g/mol. The van der Waals surface area contributed by atoms with Gasteiger partial charge in [-0.15, -0.1) is 0 Å². The fraction of sp³-hybridized carbons (Fsp3) is 0.316. The Morgan fingerprint density at radius 3 is 2.43 bits per heavy atom. The second-order valence-corrected chi connectivity index (χ2v) is 8.25. The molecule has 0 amide bonds. The summed E-state index contributed by atoms with van der Waals surface area (Å²) in [5.41, 5.74) is 2.80. The molecular weight excluding hydrogens is 306 g/mol. The van der Waals surface area contributed by atoms with Crippen molar-refractivity contribution < 1.29 is 9.29 Å². The normalized spacial score (nSPS) is 13.7. The Balaban J connectivity index is 2.09. The molecule has 3 nitrogen and oxygen atoms in total. The molecular formula is C19H23NO2S. The number of hydrogen-bond donors (Lipinski definition) is 0. The average Bonchev–Trinajstić information content (AvgIpc) is 2.53. The van der Waals surface area contributed by atoms with Crippen molar-refractivity contribution in [1.29, 1.82) is 0 Å². The fourth-order valence-corrected chi connectivity index (χ4v) is 2.49. The topological polar surface area (TPSA) is 44.7 Å². The molecule has 1 unspecified atom stereocenters. The maximum Gasteiger partial charge on any atom is 0.144 e. The molecule has 2 rings (SSSR count). The second kappa shape index (κ2) is 7.66. The van der Waals surface area contributed by atoms with Crippen molar-refractivity contribution in [3.05, 3.63) is 65.7 Å². The van der Waals surface area contributed by atoms with E-state index < -0.39 is 11.4 Å². The van der Waals surface area contributed by atoms with E-state index in [-0.39, 0.29) is 4.75 Å².